The number of aromatic amines is 1. The van der Waals surface area contributed by atoms with Gasteiger partial charge in [-0.3, -0.25) is 14.4 Å². The largest absolute Gasteiger partial charge is 0.497 e. The minimum Gasteiger partial charge on any atom is -0.497 e. The Morgan fingerprint density at radius 3 is 2.42 bits per heavy atom. The van der Waals surface area contributed by atoms with Crippen molar-refractivity contribution in [2.75, 3.05) is 11.4 Å². The van der Waals surface area contributed by atoms with Crippen LogP contribution in [0.4, 0.5) is 5.69 Å². The number of hydrogen-bond acceptors (Lipinski definition) is 7. The van der Waals surface area contributed by atoms with Gasteiger partial charge in [-0.05, 0) is 60.5 Å². The van der Waals surface area contributed by atoms with Gasteiger partial charge in [0.25, 0.3) is 10.0 Å². The first-order valence-electron chi connectivity index (χ1n) is 11.5. The SMILES string of the molecule is COc1ccc(S(=O)(=O)N(Cc2cccnc2)c2ccc(-c3c(C(=O)O)cnc4n[nH]c(C)c34)cc2)cc1. The number of carbonyl (C=O) groups is 1. The van der Waals surface area contributed by atoms with E-state index < -0.39 is 16.0 Å². The fourth-order valence-corrected chi connectivity index (χ4v) is 5.69. The third-order valence-electron chi connectivity index (χ3n) is 6.13. The van der Waals surface area contributed by atoms with Crippen molar-refractivity contribution in [2.24, 2.45) is 0 Å². The molecule has 0 bridgehead atoms. The number of carboxylic acid groups (broad SMARTS) is 1. The van der Waals surface area contributed by atoms with Crippen LogP contribution in [-0.2, 0) is 16.6 Å². The quantitative estimate of drug-likeness (QED) is 0.301. The van der Waals surface area contributed by atoms with Crippen molar-refractivity contribution in [3.05, 3.63) is 96.1 Å². The maximum atomic E-state index is 13.8. The van der Waals surface area contributed by atoms with Gasteiger partial charge in [-0.25, -0.2) is 18.2 Å². The number of ether oxygens (including phenoxy) is 1. The average Bonchev–Trinajstić information content (AvgIpc) is 3.32. The summed E-state index contributed by atoms with van der Waals surface area (Å²) in [4.78, 5) is 20.4. The summed E-state index contributed by atoms with van der Waals surface area (Å²) >= 11 is 0. The molecule has 0 radical (unpaired) electrons. The lowest BCUT2D eigenvalue weighted by Gasteiger charge is -2.25. The summed E-state index contributed by atoms with van der Waals surface area (Å²) < 4.78 is 34.0. The zero-order chi connectivity index (χ0) is 26.9. The van der Waals surface area contributed by atoms with Gasteiger partial charge in [0.2, 0.25) is 0 Å². The lowest BCUT2D eigenvalue weighted by Crippen LogP contribution is -2.30. The number of nitrogens with zero attached hydrogens (tertiary/aromatic N) is 4. The number of sulfonamides is 1. The number of hydrogen-bond donors (Lipinski definition) is 2. The van der Waals surface area contributed by atoms with Crippen LogP contribution in [0.25, 0.3) is 22.2 Å². The van der Waals surface area contributed by atoms with Crippen molar-refractivity contribution < 1.29 is 23.1 Å². The molecule has 0 aliphatic heterocycles. The van der Waals surface area contributed by atoms with E-state index in [9.17, 15) is 18.3 Å². The van der Waals surface area contributed by atoms with Crippen LogP contribution in [0.1, 0.15) is 21.6 Å². The topological polar surface area (TPSA) is 138 Å². The van der Waals surface area contributed by atoms with E-state index in [0.29, 0.717) is 44.9 Å². The van der Waals surface area contributed by atoms with E-state index in [0.717, 1.165) is 0 Å². The van der Waals surface area contributed by atoms with Crippen molar-refractivity contribution in [3.63, 3.8) is 0 Å². The Hall–Kier alpha value is -4.77. The number of anilines is 1. The van der Waals surface area contributed by atoms with E-state index in [4.69, 9.17) is 4.74 Å². The summed E-state index contributed by atoms with van der Waals surface area (Å²) in [6.45, 7) is 1.83. The number of aromatic nitrogens is 4. The molecule has 10 nitrogen and oxygen atoms in total. The standard InChI is InChI=1S/C27H23N5O5S/c1-17-24-25(23(27(33)34)15-29-26(24)31-30-17)19-5-7-20(8-6-19)32(16-18-4-3-13-28-14-18)38(35,36)22-11-9-21(37-2)10-12-22/h3-15H,16H2,1-2H3,(H,33,34)(H,29,30,31). The van der Waals surface area contributed by atoms with Gasteiger partial charge < -0.3 is 9.84 Å². The van der Waals surface area contributed by atoms with Gasteiger partial charge in [-0.15, -0.1) is 0 Å². The predicted molar refractivity (Wildman–Crippen MR) is 142 cm³/mol. The highest BCUT2D eigenvalue weighted by atomic mass is 32.2. The Labute approximate surface area is 218 Å². The molecule has 2 aromatic carbocycles. The fourth-order valence-electron chi connectivity index (χ4n) is 4.24. The number of nitrogens with one attached hydrogen (secondary N) is 1. The summed E-state index contributed by atoms with van der Waals surface area (Å²) in [6.07, 6.45) is 4.50. The molecule has 5 aromatic rings. The molecule has 192 valence electrons. The molecule has 2 N–H and O–H groups in total. The normalized spacial score (nSPS) is 11.4. The van der Waals surface area contributed by atoms with Crippen LogP contribution >= 0.6 is 0 Å². The molecule has 0 saturated carbocycles. The molecule has 0 aliphatic carbocycles. The number of aromatic carboxylic acids is 1. The predicted octanol–water partition coefficient (Wildman–Crippen LogP) is 4.43. The molecule has 0 unspecified atom stereocenters. The molecule has 5 rings (SSSR count). The van der Waals surface area contributed by atoms with Gasteiger partial charge >= 0.3 is 5.97 Å². The van der Waals surface area contributed by atoms with Crippen LogP contribution in [0.5, 0.6) is 5.75 Å². The van der Waals surface area contributed by atoms with Crippen molar-refractivity contribution in [3.8, 4) is 16.9 Å². The molecule has 3 heterocycles. The highest BCUT2D eigenvalue weighted by Gasteiger charge is 2.26. The molecule has 0 amide bonds. The number of pyridine rings is 2. The first-order valence-corrected chi connectivity index (χ1v) is 13.0. The van der Waals surface area contributed by atoms with Gasteiger partial charge in [0.1, 0.15) is 5.75 Å². The molecule has 0 spiro atoms. The zero-order valence-electron chi connectivity index (χ0n) is 20.5. The molecule has 0 aliphatic rings. The zero-order valence-corrected chi connectivity index (χ0v) is 21.3. The van der Waals surface area contributed by atoms with E-state index in [1.807, 2.05) is 0 Å². The van der Waals surface area contributed by atoms with Crippen LogP contribution in [0, 0.1) is 6.92 Å². The summed E-state index contributed by atoms with van der Waals surface area (Å²) in [5.41, 5.74) is 3.24. The summed E-state index contributed by atoms with van der Waals surface area (Å²) in [7, 11) is -2.47. The Morgan fingerprint density at radius 2 is 1.79 bits per heavy atom. The highest BCUT2D eigenvalue weighted by molar-refractivity contribution is 7.92. The second-order valence-electron chi connectivity index (χ2n) is 8.49. The van der Waals surface area contributed by atoms with E-state index in [2.05, 4.69) is 20.2 Å². The number of aryl methyl sites for hydroxylation is 1. The minimum atomic E-state index is -3.98. The molecular formula is C27H23N5O5S. The molecule has 38 heavy (non-hydrogen) atoms. The summed E-state index contributed by atoms with van der Waals surface area (Å²) in [6, 6.07) is 16.4. The lowest BCUT2D eigenvalue weighted by molar-refractivity contribution is 0.0697. The van der Waals surface area contributed by atoms with Gasteiger partial charge in [0.05, 0.1) is 35.2 Å². The Bertz CT molecular complexity index is 1720. The van der Waals surface area contributed by atoms with Crippen molar-refractivity contribution in [1.82, 2.24) is 20.2 Å². The average molecular weight is 530 g/mol. The van der Waals surface area contributed by atoms with Crippen LogP contribution < -0.4 is 9.04 Å². The molecule has 0 saturated heterocycles. The number of benzene rings is 2. The second-order valence-corrected chi connectivity index (χ2v) is 10.4. The van der Waals surface area contributed by atoms with Crippen molar-refractivity contribution in [2.45, 2.75) is 18.4 Å². The van der Waals surface area contributed by atoms with Crippen LogP contribution in [0.3, 0.4) is 0 Å². The smallest absolute Gasteiger partial charge is 0.337 e. The van der Waals surface area contributed by atoms with E-state index >= 15 is 0 Å². The van der Waals surface area contributed by atoms with E-state index in [1.165, 1.54) is 29.7 Å². The lowest BCUT2D eigenvalue weighted by atomic mass is 9.97. The van der Waals surface area contributed by atoms with Gasteiger partial charge in [0, 0.05) is 29.8 Å². The van der Waals surface area contributed by atoms with Gasteiger partial charge in [-0.2, -0.15) is 5.10 Å². The van der Waals surface area contributed by atoms with Crippen LogP contribution in [-0.4, -0.2) is 46.8 Å². The summed E-state index contributed by atoms with van der Waals surface area (Å²) in [5.74, 6) is -0.584. The molecule has 0 atom stereocenters. The number of rotatable bonds is 8. The number of fused-ring (bicyclic) bond motifs is 1. The monoisotopic (exact) mass is 529 g/mol. The third-order valence-corrected chi connectivity index (χ3v) is 7.92. The first-order chi connectivity index (χ1) is 18.3. The Kier molecular flexibility index (Phi) is 6.52. The number of methoxy groups -OCH3 is 1. The molecule has 11 heteroatoms. The Morgan fingerprint density at radius 1 is 1.05 bits per heavy atom. The number of carboxylic acids is 1. The second kappa shape index (κ2) is 9.94. The molecular weight excluding hydrogens is 506 g/mol. The van der Waals surface area contributed by atoms with E-state index in [1.54, 1.807) is 67.8 Å². The van der Waals surface area contributed by atoms with Gasteiger partial charge in [0.15, 0.2) is 5.65 Å². The minimum absolute atomic E-state index is 0.0211. The van der Waals surface area contributed by atoms with Gasteiger partial charge in [-0.1, -0.05) is 18.2 Å². The van der Waals surface area contributed by atoms with Crippen LogP contribution in [0.15, 0.2) is 84.1 Å². The highest BCUT2D eigenvalue weighted by Crippen LogP contribution is 2.35. The number of H-pyrrole nitrogens is 1. The first kappa shape index (κ1) is 24.9. The third kappa shape index (κ3) is 4.55. The maximum absolute atomic E-state index is 13.8. The maximum Gasteiger partial charge on any atom is 0.337 e. The van der Waals surface area contributed by atoms with Crippen molar-refractivity contribution >= 4 is 32.7 Å². The summed E-state index contributed by atoms with van der Waals surface area (Å²) in [5, 5.41) is 17.4. The molecule has 3 aromatic heterocycles. The van der Waals surface area contributed by atoms with Crippen LogP contribution in [0.2, 0.25) is 0 Å². The molecule has 0 fully saturated rings. The van der Waals surface area contributed by atoms with Crippen molar-refractivity contribution in [1.29, 1.82) is 0 Å². The fraction of sp³-hybridized carbons (Fsp3) is 0.111. The van der Waals surface area contributed by atoms with E-state index in [-0.39, 0.29) is 17.0 Å². The Balaban J connectivity index is 1.61.